The van der Waals surface area contributed by atoms with E-state index in [2.05, 4.69) is 27.1 Å². The Kier molecular flexibility index (Phi) is 7.95. The van der Waals surface area contributed by atoms with Gasteiger partial charge in [-0.05, 0) is 49.2 Å². The summed E-state index contributed by atoms with van der Waals surface area (Å²) in [5.74, 6) is 1.71. The quantitative estimate of drug-likeness (QED) is 0.341. The number of hydrogen-bond acceptors (Lipinski definition) is 6. The van der Waals surface area contributed by atoms with Crippen molar-refractivity contribution in [2.45, 2.75) is 32.2 Å². The SMILES string of the molecule is C=CCn1c(COc2cc(C)c(Cl)c(C)c2)nnc1SCC(=O)Nc1ccc(Cl)cn1. The van der Waals surface area contributed by atoms with Gasteiger partial charge in [0.15, 0.2) is 11.0 Å². The molecule has 0 aliphatic carbocycles. The topological polar surface area (TPSA) is 81.9 Å². The molecule has 1 aromatic carbocycles. The van der Waals surface area contributed by atoms with Crippen LogP contribution in [-0.2, 0) is 17.9 Å². The third-order valence-corrected chi connectivity index (χ3v) is 6.00. The first-order valence-corrected chi connectivity index (χ1v) is 11.1. The van der Waals surface area contributed by atoms with E-state index in [4.69, 9.17) is 27.9 Å². The van der Waals surface area contributed by atoms with Gasteiger partial charge in [0.05, 0.1) is 10.8 Å². The molecule has 0 fully saturated rings. The second-order valence-corrected chi connectivity index (χ2v) is 8.41. The van der Waals surface area contributed by atoms with Gasteiger partial charge in [-0.3, -0.25) is 9.36 Å². The monoisotopic (exact) mass is 477 g/mol. The molecule has 0 saturated carbocycles. The van der Waals surface area contributed by atoms with Crippen molar-refractivity contribution in [2.24, 2.45) is 0 Å². The van der Waals surface area contributed by atoms with Crippen molar-refractivity contribution >= 4 is 46.7 Å². The van der Waals surface area contributed by atoms with Crippen LogP contribution in [0.5, 0.6) is 5.75 Å². The van der Waals surface area contributed by atoms with Gasteiger partial charge in [-0.2, -0.15) is 0 Å². The zero-order valence-corrected chi connectivity index (χ0v) is 19.4. The Balaban J connectivity index is 1.63. The first-order valence-electron chi connectivity index (χ1n) is 9.34. The minimum Gasteiger partial charge on any atom is -0.486 e. The van der Waals surface area contributed by atoms with E-state index < -0.39 is 0 Å². The third kappa shape index (κ3) is 6.22. The summed E-state index contributed by atoms with van der Waals surface area (Å²) in [6, 6.07) is 7.07. The fraction of sp³-hybridized carbons (Fsp3) is 0.238. The Morgan fingerprint density at radius 1 is 1.26 bits per heavy atom. The van der Waals surface area contributed by atoms with Gasteiger partial charge >= 0.3 is 0 Å². The summed E-state index contributed by atoms with van der Waals surface area (Å²) in [6.45, 7) is 8.37. The lowest BCUT2D eigenvalue weighted by Gasteiger charge is -2.11. The summed E-state index contributed by atoms with van der Waals surface area (Å²) in [7, 11) is 0. The van der Waals surface area contributed by atoms with E-state index >= 15 is 0 Å². The molecule has 2 aromatic heterocycles. The number of hydrogen-bond donors (Lipinski definition) is 1. The summed E-state index contributed by atoms with van der Waals surface area (Å²) < 4.78 is 7.76. The number of thioether (sulfide) groups is 1. The van der Waals surface area contributed by atoms with Crippen LogP contribution in [0, 0.1) is 13.8 Å². The Morgan fingerprint density at radius 3 is 2.65 bits per heavy atom. The van der Waals surface area contributed by atoms with Crippen molar-refractivity contribution in [1.82, 2.24) is 19.7 Å². The predicted molar refractivity (Wildman–Crippen MR) is 124 cm³/mol. The molecule has 0 radical (unpaired) electrons. The molecule has 0 unspecified atom stereocenters. The minimum atomic E-state index is -0.210. The number of nitrogens with zero attached hydrogens (tertiary/aromatic N) is 4. The summed E-state index contributed by atoms with van der Waals surface area (Å²) in [5, 5.41) is 13.0. The molecule has 0 aliphatic heterocycles. The van der Waals surface area contributed by atoms with Crippen LogP contribution < -0.4 is 10.1 Å². The number of amides is 1. The van der Waals surface area contributed by atoms with Crippen molar-refractivity contribution in [3.8, 4) is 5.75 Å². The summed E-state index contributed by atoms with van der Waals surface area (Å²) >= 11 is 13.3. The van der Waals surface area contributed by atoms with E-state index in [9.17, 15) is 4.79 Å². The van der Waals surface area contributed by atoms with Crippen molar-refractivity contribution in [2.75, 3.05) is 11.1 Å². The average Bonchev–Trinajstić information content (AvgIpc) is 3.12. The van der Waals surface area contributed by atoms with Crippen LogP contribution in [-0.4, -0.2) is 31.4 Å². The number of rotatable bonds is 9. The second-order valence-electron chi connectivity index (χ2n) is 6.66. The Hall–Kier alpha value is -2.55. The zero-order valence-electron chi connectivity index (χ0n) is 17.1. The molecule has 1 N–H and O–H groups in total. The van der Waals surface area contributed by atoms with Gasteiger partial charge in [0, 0.05) is 17.8 Å². The third-order valence-electron chi connectivity index (χ3n) is 4.21. The molecule has 0 atom stereocenters. The average molecular weight is 478 g/mol. The molecule has 10 heteroatoms. The molecule has 162 valence electrons. The van der Waals surface area contributed by atoms with Gasteiger partial charge in [-0.15, -0.1) is 16.8 Å². The van der Waals surface area contributed by atoms with Crippen molar-refractivity contribution in [3.05, 3.63) is 70.1 Å². The fourth-order valence-corrected chi connectivity index (χ4v) is 3.73. The standard InChI is InChI=1S/C21H21Cl2N5O2S/c1-4-7-28-18(11-30-16-8-13(2)20(23)14(3)9-16)26-27-21(28)31-12-19(29)25-17-6-5-15(22)10-24-17/h4-6,8-10H,1,7,11-12H2,2-3H3,(H,24,25,29). The van der Waals surface area contributed by atoms with Crippen LogP contribution in [0.15, 0.2) is 48.3 Å². The van der Waals surface area contributed by atoms with E-state index in [1.807, 2.05) is 30.5 Å². The maximum Gasteiger partial charge on any atom is 0.236 e. The first-order chi connectivity index (χ1) is 14.9. The highest BCUT2D eigenvalue weighted by atomic mass is 35.5. The van der Waals surface area contributed by atoms with Crippen molar-refractivity contribution < 1.29 is 9.53 Å². The number of anilines is 1. The zero-order chi connectivity index (χ0) is 22.4. The number of carbonyl (C=O) groups is 1. The van der Waals surface area contributed by atoms with Gasteiger partial charge in [-0.1, -0.05) is 41.0 Å². The number of benzene rings is 1. The van der Waals surface area contributed by atoms with Crippen LogP contribution >= 0.6 is 35.0 Å². The van der Waals surface area contributed by atoms with Crippen LogP contribution in [0.2, 0.25) is 10.0 Å². The van der Waals surface area contributed by atoms with Gasteiger partial charge in [0.25, 0.3) is 0 Å². The van der Waals surface area contributed by atoms with Gasteiger partial charge in [0.2, 0.25) is 5.91 Å². The maximum absolute atomic E-state index is 12.2. The van der Waals surface area contributed by atoms with Crippen molar-refractivity contribution in [3.63, 3.8) is 0 Å². The molecule has 3 aromatic rings. The molecule has 31 heavy (non-hydrogen) atoms. The number of halogens is 2. The molecule has 0 saturated heterocycles. The summed E-state index contributed by atoms with van der Waals surface area (Å²) in [4.78, 5) is 16.3. The predicted octanol–water partition coefficient (Wildman–Crippen LogP) is 5.09. The molecule has 0 bridgehead atoms. The van der Waals surface area contributed by atoms with E-state index in [1.165, 1.54) is 18.0 Å². The Bertz CT molecular complexity index is 1060. The van der Waals surface area contributed by atoms with Gasteiger partial charge in [0.1, 0.15) is 18.2 Å². The van der Waals surface area contributed by atoms with E-state index in [-0.39, 0.29) is 18.3 Å². The van der Waals surface area contributed by atoms with Crippen LogP contribution in [0.1, 0.15) is 17.0 Å². The van der Waals surface area contributed by atoms with Crippen LogP contribution in [0.3, 0.4) is 0 Å². The number of carbonyl (C=O) groups excluding carboxylic acids is 1. The largest absolute Gasteiger partial charge is 0.486 e. The molecule has 0 aliphatic rings. The molecule has 0 spiro atoms. The minimum absolute atomic E-state index is 0.149. The molecule has 1 amide bonds. The Labute approximate surface area is 194 Å². The first kappa shape index (κ1) is 23.1. The van der Waals surface area contributed by atoms with Crippen LogP contribution in [0.25, 0.3) is 0 Å². The molecule has 3 rings (SSSR count). The summed E-state index contributed by atoms with van der Waals surface area (Å²) in [6.07, 6.45) is 3.21. The molecular formula is C21H21Cl2N5O2S. The van der Waals surface area contributed by atoms with E-state index in [0.717, 1.165) is 16.1 Å². The van der Waals surface area contributed by atoms with Gasteiger partial charge in [-0.25, -0.2) is 4.98 Å². The van der Waals surface area contributed by atoms with E-state index in [0.29, 0.717) is 34.1 Å². The lowest BCUT2D eigenvalue weighted by molar-refractivity contribution is -0.113. The van der Waals surface area contributed by atoms with E-state index in [1.54, 1.807) is 18.2 Å². The highest BCUT2D eigenvalue weighted by molar-refractivity contribution is 7.99. The lowest BCUT2D eigenvalue weighted by Crippen LogP contribution is -2.15. The van der Waals surface area contributed by atoms with Gasteiger partial charge < -0.3 is 10.1 Å². The number of aryl methyl sites for hydroxylation is 2. The normalized spacial score (nSPS) is 10.7. The smallest absolute Gasteiger partial charge is 0.236 e. The lowest BCUT2D eigenvalue weighted by atomic mass is 10.1. The summed E-state index contributed by atoms with van der Waals surface area (Å²) in [5.41, 5.74) is 1.89. The number of ether oxygens (including phenoxy) is 1. The molecule has 2 heterocycles. The number of nitrogens with one attached hydrogen (secondary N) is 1. The fourth-order valence-electron chi connectivity index (χ4n) is 2.74. The number of allylic oxidation sites excluding steroid dienone is 1. The molecular weight excluding hydrogens is 457 g/mol. The molecule has 7 nitrogen and oxygen atoms in total. The Morgan fingerprint density at radius 2 is 2.00 bits per heavy atom. The highest BCUT2D eigenvalue weighted by Gasteiger charge is 2.15. The second kappa shape index (κ2) is 10.7. The maximum atomic E-state index is 12.2. The van der Waals surface area contributed by atoms with Crippen molar-refractivity contribution in [1.29, 1.82) is 0 Å². The number of pyridine rings is 1. The highest BCUT2D eigenvalue weighted by Crippen LogP contribution is 2.26. The van der Waals surface area contributed by atoms with Crippen LogP contribution in [0.4, 0.5) is 5.82 Å². The number of aromatic nitrogens is 4.